The van der Waals surface area contributed by atoms with E-state index in [9.17, 15) is 0 Å². The third-order valence-electron chi connectivity index (χ3n) is 0.756. The molecule has 1 N–H and O–H groups in total. The Morgan fingerprint density at radius 2 is 2.30 bits per heavy atom. The summed E-state index contributed by atoms with van der Waals surface area (Å²) in [5.41, 5.74) is 2.69. The number of hydrogen-bond donors (Lipinski definition) is 1. The largest absolute Gasteiger partial charge is 0.382 e. The second-order valence-corrected chi connectivity index (χ2v) is 2.80. The Balaban J connectivity index is 2.84. The number of halogens is 1. The SMILES string of the molecule is C=C(Br)CNOCCOC. The van der Waals surface area contributed by atoms with Crippen LogP contribution in [0, 0.1) is 0 Å². The van der Waals surface area contributed by atoms with Gasteiger partial charge in [-0.15, -0.1) is 0 Å². The Kier molecular flexibility index (Phi) is 7.28. The zero-order valence-corrected chi connectivity index (χ0v) is 7.61. The average molecular weight is 210 g/mol. The van der Waals surface area contributed by atoms with Gasteiger partial charge in [-0.3, -0.25) is 4.84 Å². The van der Waals surface area contributed by atoms with Gasteiger partial charge in [0.15, 0.2) is 0 Å². The molecule has 0 aromatic carbocycles. The van der Waals surface area contributed by atoms with Gasteiger partial charge in [0.2, 0.25) is 0 Å². The lowest BCUT2D eigenvalue weighted by atomic mass is 10.7. The molecule has 0 unspecified atom stereocenters. The van der Waals surface area contributed by atoms with E-state index in [0.717, 1.165) is 4.48 Å². The van der Waals surface area contributed by atoms with E-state index in [1.807, 2.05) is 0 Å². The van der Waals surface area contributed by atoms with Crippen LogP contribution in [0.4, 0.5) is 0 Å². The van der Waals surface area contributed by atoms with Gasteiger partial charge in [0.1, 0.15) is 0 Å². The molecular weight excluding hydrogens is 198 g/mol. The van der Waals surface area contributed by atoms with Crippen molar-refractivity contribution in [2.24, 2.45) is 0 Å². The van der Waals surface area contributed by atoms with E-state index in [2.05, 4.69) is 28.0 Å². The summed E-state index contributed by atoms with van der Waals surface area (Å²) >= 11 is 3.18. The van der Waals surface area contributed by atoms with E-state index in [1.165, 1.54) is 0 Å². The standard InChI is InChI=1S/C6H12BrNO2/c1-6(7)5-8-10-4-3-9-2/h8H,1,3-5H2,2H3. The number of methoxy groups -OCH3 is 1. The number of hydroxylamine groups is 1. The number of ether oxygens (including phenoxy) is 1. The summed E-state index contributed by atoms with van der Waals surface area (Å²) in [6, 6.07) is 0. The van der Waals surface area contributed by atoms with Crippen molar-refractivity contribution in [1.82, 2.24) is 5.48 Å². The number of hydrogen-bond acceptors (Lipinski definition) is 3. The predicted octanol–water partition coefficient (Wildman–Crippen LogP) is 1.06. The van der Waals surface area contributed by atoms with Gasteiger partial charge < -0.3 is 4.74 Å². The highest BCUT2D eigenvalue weighted by Crippen LogP contribution is 1.95. The third kappa shape index (κ3) is 8.10. The first-order chi connectivity index (χ1) is 4.77. The molecule has 0 aliphatic carbocycles. The molecule has 0 spiro atoms. The Hall–Kier alpha value is 0.1000. The van der Waals surface area contributed by atoms with Crippen LogP contribution in [-0.4, -0.2) is 26.9 Å². The van der Waals surface area contributed by atoms with Crippen LogP contribution in [0.25, 0.3) is 0 Å². The maximum Gasteiger partial charge on any atom is 0.0916 e. The Morgan fingerprint density at radius 3 is 2.80 bits per heavy atom. The van der Waals surface area contributed by atoms with Crippen molar-refractivity contribution in [1.29, 1.82) is 0 Å². The van der Waals surface area contributed by atoms with Gasteiger partial charge in [0, 0.05) is 11.6 Å². The molecule has 0 rings (SSSR count). The molecule has 0 bridgehead atoms. The van der Waals surface area contributed by atoms with Gasteiger partial charge in [-0.2, -0.15) is 5.48 Å². The van der Waals surface area contributed by atoms with Crippen LogP contribution in [0.15, 0.2) is 11.1 Å². The highest BCUT2D eigenvalue weighted by Gasteiger charge is 1.87. The van der Waals surface area contributed by atoms with Gasteiger partial charge in [-0.25, -0.2) is 0 Å². The summed E-state index contributed by atoms with van der Waals surface area (Å²) in [5.74, 6) is 0. The highest BCUT2D eigenvalue weighted by atomic mass is 79.9. The maximum absolute atomic E-state index is 4.92. The molecule has 0 aliphatic heterocycles. The van der Waals surface area contributed by atoms with E-state index < -0.39 is 0 Å². The van der Waals surface area contributed by atoms with Gasteiger partial charge >= 0.3 is 0 Å². The van der Waals surface area contributed by atoms with Crippen LogP contribution in [0.5, 0.6) is 0 Å². The minimum atomic E-state index is 0.552. The van der Waals surface area contributed by atoms with Crippen LogP contribution in [-0.2, 0) is 9.57 Å². The van der Waals surface area contributed by atoms with E-state index in [0.29, 0.717) is 19.8 Å². The van der Waals surface area contributed by atoms with Crippen molar-refractivity contribution < 1.29 is 9.57 Å². The molecule has 0 heterocycles. The molecule has 4 heteroatoms. The molecule has 10 heavy (non-hydrogen) atoms. The molecule has 60 valence electrons. The summed E-state index contributed by atoms with van der Waals surface area (Å²) < 4.78 is 5.62. The second kappa shape index (κ2) is 7.21. The number of rotatable bonds is 6. The first-order valence-electron chi connectivity index (χ1n) is 2.94. The normalized spacial score (nSPS) is 9.80. The lowest BCUT2D eigenvalue weighted by Gasteiger charge is -2.02. The molecule has 0 atom stereocenters. The van der Waals surface area contributed by atoms with Crippen molar-refractivity contribution >= 4 is 15.9 Å². The van der Waals surface area contributed by atoms with Crippen molar-refractivity contribution in [2.75, 3.05) is 26.9 Å². The summed E-state index contributed by atoms with van der Waals surface area (Å²) in [6.07, 6.45) is 0. The Bertz CT molecular complexity index is 97.7. The minimum absolute atomic E-state index is 0.552. The van der Waals surface area contributed by atoms with Gasteiger partial charge in [-0.05, 0) is 0 Å². The first kappa shape index (κ1) is 10.1. The zero-order chi connectivity index (χ0) is 7.82. The monoisotopic (exact) mass is 209 g/mol. The van der Waals surface area contributed by atoms with E-state index in [1.54, 1.807) is 7.11 Å². The predicted molar refractivity (Wildman–Crippen MR) is 43.9 cm³/mol. The van der Waals surface area contributed by atoms with Crippen LogP contribution < -0.4 is 5.48 Å². The van der Waals surface area contributed by atoms with Crippen LogP contribution >= 0.6 is 15.9 Å². The zero-order valence-electron chi connectivity index (χ0n) is 6.02. The second-order valence-electron chi connectivity index (χ2n) is 1.68. The van der Waals surface area contributed by atoms with E-state index in [-0.39, 0.29) is 0 Å². The minimum Gasteiger partial charge on any atom is -0.382 e. The molecule has 0 aromatic heterocycles. The van der Waals surface area contributed by atoms with Crippen molar-refractivity contribution in [3.8, 4) is 0 Å². The van der Waals surface area contributed by atoms with Crippen molar-refractivity contribution in [3.05, 3.63) is 11.1 Å². The quantitative estimate of drug-likeness (QED) is 0.525. The van der Waals surface area contributed by atoms with Crippen molar-refractivity contribution in [2.45, 2.75) is 0 Å². The van der Waals surface area contributed by atoms with Crippen LogP contribution in [0.2, 0.25) is 0 Å². The first-order valence-corrected chi connectivity index (χ1v) is 3.73. The summed E-state index contributed by atoms with van der Waals surface area (Å²) in [7, 11) is 1.63. The molecule has 0 saturated heterocycles. The van der Waals surface area contributed by atoms with Gasteiger partial charge in [0.05, 0.1) is 19.8 Å². The lowest BCUT2D eigenvalue weighted by Crippen LogP contribution is -2.18. The molecule has 0 saturated carbocycles. The smallest absolute Gasteiger partial charge is 0.0916 e. The molecule has 0 aliphatic rings. The molecule has 0 amide bonds. The van der Waals surface area contributed by atoms with Gasteiger partial charge in [-0.1, -0.05) is 22.5 Å². The van der Waals surface area contributed by atoms with E-state index >= 15 is 0 Å². The van der Waals surface area contributed by atoms with E-state index in [4.69, 9.17) is 9.57 Å². The highest BCUT2D eigenvalue weighted by molar-refractivity contribution is 9.11. The van der Waals surface area contributed by atoms with Crippen LogP contribution in [0.3, 0.4) is 0 Å². The summed E-state index contributed by atoms with van der Waals surface area (Å²) in [4.78, 5) is 4.92. The third-order valence-corrected chi connectivity index (χ3v) is 1.04. The van der Waals surface area contributed by atoms with Crippen molar-refractivity contribution in [3.63, 3.8) is 0 Å². The maximum atomic E-state index is 4.92. The fourth-order valence-corrected chi connectivity index (χ4v) is 0.441. The molecular formula is C6H12BrNO2. The lowest BCUT2D eigenvalue weighted by molar-refractivity contribution is 0.0120. The molecule has 0 fully saturated rings. The fourth-order valence-electron chi connectivity index (χ4n) is 0.327. The van der Waals surface area contributed by atoms with Gasteiger partial charge in [0.25, 0.3) is 0 Å². The summed E-state index contributed by atoms with van der Waals surface area (Å²) in [6.45, 7) is 5.38. The molecule has 0 radical (unpaired) electrons. The Morgan fingerprint density at radius 1 is 1.60 bits per heavy atom. The molecule has 0 aromatic rings. The Labute approximate surface area is 69.5 Å². The summed E-state index contributed by atoms with van der Waals surface area (Å²) in [5, 5.41) is 0. The topological polar surface area (TPSA) is 30.5 Å². The fraction of sp³-hybridized carbons (Fsp3) is 0.667. The number of nitrogens with one attached hydrogen (secondary N) is 1. The average Bonchev–Trinajstić information content (AvgIpc) is 1.87. The van der Waals surface area contributed by atoms with Crippen LogP contribution in [0.1, 0.15) is 0 Å². The molecule has 3 nitrogen and oxygen atoms in total.